The molecule has 3 aromatic carbocycles. The van der Waals surface area contributed by atoms with Crippen LogP contribution < -0.4 is 15.6 Å². The molecule has 1 N–H and O–H groups in total. The lowest BCUT2D eigenvalue weighted by Gasteiger charge is -2.23. The molecule has 1 aliphatic rings. The van der Waals surface area contributed by atoms with E-state index in [-0.39, 0.29) is 24.3 Å². The van der Waals surface area contributed by atoms with E-state index in [0.29, 0.717) is 34.1 Å². The van der Waals surface area contributed by atoms with Crippen molar-refractivity contribution in [2.75, 3.05) is 13.7 Å². The van der Waals surface area contributed by atoms with Crippen LogP contribution in [0.3, 0.4) is 0 Å². The Hall–Kier alpha value is -4.62. The molecule has 10 heteroatoms. The van der Waals surface area contributed by atoms with Gasteiger partial charge in [0.05, 0.1) is 13.2 Å². The van der Waals surface area contributed by atoms with Crippen LogP contribution in [0, 0.1) is 11.3 Å². The fourth-order valence-electron chi connectivity index (χ4n) is 5.21. The SMILES string of the molecule is COc1ccc2c(=O)n(CCNC3Cc4ccccc4C3OC(=O)C(F)(F)F)c(C#N)c(-c3ccccc3)c2c1. The number of pyridine rings is 1. The van der Waals surface area contributed by atoms with E-state index in [0.717, 1.165) is 11.1 Å². The number of halogens is 3. The van der Waals surface area contributed by atoms with Gasteiger partial charge in [-0.15, -0.1) is 0 Å². The molecule has 4 aromatic rings. The molecule has 2 unspecified atom stereocenters. The first-order chi connectivity index (χ1) is 19.2. The van der Waals surface area contributed by atoms with E-state index in [1.54, 1.807) is 42.5 Å². The van der Waals surface area contributed by atoms with Gasteiger partial charge in [-0.05, 0) is 41.3 Å². The quantitative estimate of drug-likeness (QED) is 0.331. The average molecular weight is 548 g/mol. The predicted octanol–water partition coefficient (Wildman–Crippen LogP) is 4.91. The van der Waals surface area contributed by atoms with E-state index in [4.69, 9.17) is 9.47 Å². The van der Waals surface area contributed by atoms with Crippen LogP contribution in [0.1, 0.15) is 22.9 Å². The van der Waals surface area contributed by atoms with Crippen molar-refractivity contribution in [3.63, 3.8) is 0 Å². The molecule has 7 nitrogen and oxygen atoms in total. The number of alkyl halides is 3. The van der Waals surface area contributed by atoms with Crippen molar-refractivity contribution >= 4 is 16.7 Å². The van der Waals surface area contributed by atoms with Gasteiger partial charge in [0.25, 0.3) is 5.56 Å². The Kier molecular flexibility index (Phi) is 7.32. The minimum atomic E-state index is -5.13. The number of nitriles is 1. The Bertz CT molecular complexity index is 1680. The van der Waals surface area contributed by atoms with E-state index in [9.17, 15) is 28.0 Å². The molecule has 5 rings (SSSR count). The second-order valence-corrected chi connectivity index (χ2v) is 9.36. The van der Waals surface area contributed by atoms with Crippen molar-refractivity contribution in [2.24, 2.45) is 0 Å². The summed E-state index contributed by atoms with van der Waals surface area (Å²) in [4.78, 5) is 25.2. The Labute approximate surface area is 227 Å². The number of aromatic nitrogens is 1. The lowest BCUT2D eigenvalue weighted by Crippen LogP contribution is -2.40. The standard InChI is InChI=1S/C30H24F3N3O4/c1-39-20-11-12-22-23(16-20)26(18-7-3-2-4-8-18)25(17-34)36(28(22)37)14-13-35-24-15-19-9-5-6-10-21(19)27(24)40-29(38)30(31,32)33/h2-12,16,24,27,35H,13-15H2,1H3. The highest BCUT2D eigenvalue weighted by molar-refractivity contribution is 5.99. The highest BCUT2D eigenvalue weighted by atomic mass is 19.4. The molecule has 0 saturated heterocycles. The second kappa shape index (κ2) is 10.9. The van der Waals surface area contributed by atoms with E-state index >= 15 is 0 Å². The van der Waals surface area contributed by atoms with Crippen LogP contribution in [-0.2, 0) is 22.5 Å². The van der Waals surface area contributed by atoms with Crippen LogP contribution >= 0.6 is 0 Å². The van der Waals surface area contributed by atoms with Gasteiger partial charge in [0, 0.05) is 29.4 Å². The summed E-state index contributed by atoms with van der Waals surface area (Å²) >= 11 is 0. The van der Waals surface area contributed by atoms with E-state index in [1.165, 1.54) is 11.7 Å². The number of carbonyl (C=O) groups excluding carboxylic acids is 1. The van der Waals surface area contributed by atoms with Crippen molar-refractivity contribution in [3.05, 3.63) is 100.0 Å². The Morgan fingerprint density at radius 1 is 1.07 bits per heavy atom. The first kappa shape index (κ1) is 27.0. The minimum absolute atomic E-state index is 0.0519. The van der Waals surface area contributed by atoms with Crippen LogP contribution in [0.15, 0.2) is 77.6 Å². The van der Waals surface area contributed by atoms with E-state index < -0.39 is 24.3 Å². The van der Waals surface area contributed by atoms with Crippen molar-refractivity contribution in [1.82, 2.24) is 9.88 Å². The minimum Gasteiger partial charge on any atom is -0.497 e. The molecule has 0 saturated carbocycles. The Morgan fingerprint density at radius 2 is 1.80 bits per heavy atom. The van der Waals surface area contributed by atoms with Crippen LogP contribution in [0.25, 0.3) is 21.9 Å². The molecule has 0 aliphatic heterocycles. The monoisotopic (exact) mass is 547 g/mol. The zero-order valence-corrected chi connectivity index (χ0v) is 21.4. The smallest absolute Gasteiger partial charge is 0.490 e. The summed E-state index contributed by atoms with van der Waals surface area (Å²) in [5.41, 5.74) is 2.34. The van der Waals surface area contributed by atoms with E-state index in [2.05, 4.69) is 11.4 Å². The second-order valence-electron chi connectivity index (χ2n) is 9.36. The summed E-state index contributed by atoms with van der Waals surface area (Å²) in [6, 6.07) is 22.6. The molecule has 2 atom stereocenters. The van der Waals surface area contributed by atoms with Crippen molar-refractivity contribution < 1.29 is 27.4 Å². The first-order valence-electron chi connectivity index (χ1n) is 12.5. The van der Waals surface area contributed by atoms with Crippen LogP contribution in [0.2, 0.25) is 0 Å². The number of hydrogen-bond acceptors (Lipinski definition) is 6. The fraction of sp³-hybridized carbons (Fsp3) is 0.233. The predicted molar refractivity (Wildman–Crippen MR) is 142 cm³/mol. The highest BCUT2D eigenvalue weighted by Gasteiger charge is 2.45. The normalized spacial score (nSPS) is 16.4. The maximum Gasteiger partial charge on any atom is 0.490 e. The molecule has 204 valence electrons. The number of benzene rings is 3. The molecule has 1 heterocycles. The van der Waals surface area contributed by atoms with Gasteiger partial charge in [-0.2, -0.15) is 18.4 Å². The first-order valence-corrected chi connectivity index (χ1v) is 12.5. The fourth-order valence-corrected chi connectivity index (χ4v) is 5.21. The van der Waals surface area contributed by atoms with Crippen LogP contribution in [0.5, 0.6) is 5.75 Å². The summed E-state index contributed by atoms with van der Waals surface area (Å²) in [6.45, 7) is 0.180. The molecule has 1 aliphatic carbocycles. The summed E-state index contributed by atoms with van der Waals surface area (Å²) in [6.07, 6.45) is -5.95. The summed E-state index contributed by atoms with van der Waals surface area (Å²) in [5, 5.41) is 14.3. The summed E-state index contributed by atoms with van der Waals surface area (Å²) < 4.78 is 50.6. The Morgan fingerprint density at radius 3 is 2.50 bits per heavy atom. The van der Waals surface area contributed by atoms with Gasteiger partial charge in [0.15, 0.2) is 0 Å². The van der Waals surface area contributed by atoms with Gasteiger partial charge in [-0.3, -0.25) is 9.36 Å². The molecule has 0 amide bonds. The lowest BCUT2D eigenvalue weighted by molar-refractivity contribution is -0.206. The van der Waals surface area contributed by atoms with Gasteiger partial charge in [0.2, 0.25) is 0 Å². The maximum absolute atomic E-state index is 13.6. The van der Waals surface area contributed by atoms with E-state index in [1.807, 2.05) is 30.3 Å². The van der Waals surface area contributed by atoms with Crippen LogP contribution in [0.4, 0.5) is 13.2 Å². The lowest BCUT2D eigenvalue weighted by atomic mass is 9.97. The molecule has 0 radical (unpaired) electrons. The third-order valence-corrected chi connectivity index (χ3v) is 7.02. The molecular formula is C30H24F3N3O4. The molecule has 1 aromatic heterocycles. The van der Waals surface area contributed by atoms with Crippen molar-refractivity contribution in [2.45, 2.75) is 31.3 Å². The molecule has 0 spiro atoms. The average Bonchev–Trinajstić information content (AvgIpc) is 3.30. The van der Waals surface area contributed by atoms with Crippen molar-refractivity contribution in [3.8, 4) is 22.9 Å². The van der Waals surface area contributed by atoms with Gasteiger partial charge in [-0.25, -0.2) is 4.79 Å². The van der Waals surface area contributed by atoms with Gasteiger partial charge < -0.3 is 14.8 Å². The summed E-state index contributed by atoms with van der Waals surface area (Å²) in [7, 11) is 1.52. The number of methoxy groups -OCH3 is 1. The number of nitrogens with zero attached hydrogens (tertiary/aromatic N) is 2. The molecule has 0 bridgehead atoms. The van der Waals surface area contributed by atoms with Crippen LogP contribution in [-0.4, -0.2) is 36.4 Å². The van der Waals surface area contributed by atoms with Gasteiger partial charge in [-0.1, -0.05) is 54.6 Å². The molecule has 0 fully saturated rings. The van der Waals surface area contributed by atoms with Gasteiger partial charge in [0.1, 0.15) is 23.6 Å². The highest BCUT2D eigenvalue weighted by Crippen LogP contribution is 2.36. The number of nitrogens with one attached hydrogen (secondary N) is 1. The number of carbonyl (C=O) groups is 1. The zero-order valence-electron chi connectivity index (χ0n) is 21.4. The molecule has 40 heavy (non-hydrogen) atoms. The number of hydrogen-bond donors (Lipinski definition) is 1. The molecular weight excluding hydrogens is 523 g/mol. The van der Waals surface area contributed by atoms with Gasteiger partial charge >= 0.3 is 12.1 Å². The number of ether oxygens (including phenoxy) is 2. The number of rotatable bonds is 7. The largest absolute Gasteiger partial charge is 0.497 e. The van der Waals surface area contributed by atoms with Crippen molar-refractivity contribution in [1.29, 1.82) is 5.26 Å². The third kappa shape index (κ3) is 5.03. The number of esters is 1. The third-order valence-electron chi connectivity index (χ3n) is 7.02. The zero-order chi connectivity index (χ0) is 28.4. The summed E-state index contributed by atoms with van der Waals surface area (Å²) in [5.74, 6) is -1.73. The topological polar surface area (TPSA) is 93.3 Å². The maximum atomic E-state index is 13.6. The Balaban J connectivity index is 1.48. The number of fused-ring (bicyclic) bond motifs is 2.